The van der Waals surface area contributed by atoms with Gasteiger partial charge in [-0.15, -0.1) is 0 Å². The molecule has 106 valence electrons. The molecule has 0 saturated heterocycles. The Morgan fingerprint density at radius 1 is 1.29 bits per heavy atom. The van der Waals surface area contributed by atoms with E-state index in [1.165, 1.54) is 6.92 Å². The van der Waals surface area contributed by atoms with Gasteiger partial charge in [0.1, 0.15) is 5.75 Å². The fraction of sp³-hybridized carbons (Fsp3) is 0.133. The van der Waals surface area contributed by atoms with Crippen LogP contribution >= 0.6 is 0 Å². The maximum Gasteiger partial charge on any atom is 0.247 e. The van der Waals surface area contributed by atoms with Gasteiger partial charge in [-0.2, -0.15) is 0 Å². The van der Waals surface area contributed by atoms with Crippen LogP contribution in [0.25, 0.3) is 11.0 Å². The molecule has 0 unspecified atom stereocenters. The lowest BCUT2D eigenvalue weighted by Crippen LogP contribution is -2.00. The Hall–Kier alpha value is -2.89. The summed E-state index contributed by atoms with van der Waals surface area (Å²) in [7, 11) is 1.89. The van der Waals surface area contributed by atoms with Crippen molar-refractivity contribution in [1.82, 2.24) is 14.5 Å². The molecule has 0 atom stereocenters. The van der Waals surface area contributed by atoms with E-state index in [1.807, 2.05) is 17.7 Å². The molecule has 2 N–H and O–H groups in total. The first-order chi connectivity index (χ1) is 10.1. The Kier molecular flexibility index (Phi) is 3.06. The van der Waals surface area contributed by atoms with Gasteiger partial charge in [-0.25, -0.2) is 9.97 Å². The number of nitrogens with two attached hydrogens (primary N) is 1. The second-order valence-corrected chi connectivity index (χ2v) is 4.75. The highest BCUT2D eigenvalue weighted by Crippen LogP contribution is 2.30. The number of carbonyl (C=O) groups excluding carboxylic acids is 1. The highest BCUT2D eigenvalue weighted by Gasteiger charge is 2.14. The van der Waals surface area contributed by atoms with Crippen LogP contribution in [0, 0.1) is 0 Å². The van der Waals surface area contributed by atoms with Crippen molar-refractivity contribution >= 4 is 22.5 Å². The lowest BCUT2D eigenvalue weighted by molar-refractivity contribution is 0.101. The minimum absolute atomic E-state index is 0.120. The van der Waals surface area contributed by atoms with E-state index in [0.29, 0.717) is 28.4 Å². The summed E-state index contributed by atoms with van der Waals surface area (Å²) in [4.78, 5) is 20.2. The molecular formula is C15H14N4O2. The Morgan fingerprint density at radius 2 is 2.10 bits per heavy atom. The molecule has 3 rings (SSSR count). The van der Waals surface area contributed by atoms with Gasteiger partial charge < -0.3 is 15.0 Å². The van der Waals surface area contributed by atoms with Crippen molar-refractivity contribution in [2.75, 3.05) is 5.73 Å². The average Bonchev–Trinajstić information content (AvgIpc) is 2.83. The average molecular weight is 282 g/mol. The summed E-state index contributed by atoms with van der Waals surface area (Å²) in [6.45, 7) is 1.47. The van der Waals surface area contributed by atoms with Crippen LogP contribution in [0.4, 0.5) is 5.69 Å². The third kappa shape index (κ3) is 2.31. The van der Waals surface area contributed by atoms with Gasteiger partial charge >= 0.3 is 0 Å². The van der Waals surface area contributed by atoms with Crippen LogP contribution in [0.1, 0.15) is 17.3 Å². The zero-order valence-corrected chi connectivity index (χ0v) is 11.7. The molecular weight excluding hydrogens is 268 g/mol. The SMILES string of the molecule is CC(=O)c1cc(N)ccc1Oc1nccc2c1ncn2C. The van der Waals surface area contributed by atoms with E-state index in [-0.39, 0.29) is 5.78 Å². The minimum atomic E-state index is -0.120. The van der Waals surface area contributed by atoms with Gasteiger partial charge in [0, 0.05) is 18.9 Å². The quantitative estimate of drug-likeness (QED) is 0.589. The molecule has 6 nitrogen and oxygen atoms in total. The summed E-state index contributed by atoms with van der Waals surface area (Å²) < 4.78 is 7.66. The van der Waals surface area contributed by atoms with E-state index < -0.39 is 0 Å². The first kappa shape index (κ1) is 13.1. The highest BCUT2D eigenvalue weighted by atomic mass is 16.5. The number of hydrogen-bond acceptors (Lipinski definition) is 5. The van der Waals surface area contributed by atoms with Crippen LogP contribution in [-0.4, -0.2) is 20.3 Å². The topological polar surface area (TPSA) is 83.0 Å². The third-order valence-corrected chi connectivity index (χ3v) is 3.20. The molecule has 0 saturated carbocycles. The Balaban J connectivity index is 2.09. The number of ether oxygens (including phenoxy) is 1. The molecule has 0 aliphatic carbocycles. The number of pyridine rings is 1. The summed E-state index contributed by atoms with van der Waals surface area (Å²) in [6.07, 6.45) is 3.33. The van der Waals surface area contributed by atoms with Gasteiger partial charge in [0.25, 0.3) is 0 Å². The van der Waals surface area contributed by atoms with Gasteiger partial charge in [-0.3, -0.25) is 4.79 Å². The number of fused-ring (bicyclic) bond motifs is 1. The fourth-order valence-electron chi connectivity index (χ4n) is 2.13. The van der Waals surface area contributed by atoms with Crippen molar-refractivity contribution in [2.24, 2.45) is 7.05 Å². The van der Waals surface area contributed by atoms with Crippen LogP contribution in [0.15, 0.2) is 36.8 Å². The smallest absolute Gasteiger partial charge is 0.247 e. The van der Waals surface area contributed by atoms with Gasteiger partial charge in [-0.1, -0.05) is 0 Å². The number of nitrogens with zero attached hydrogens (tertiary/aromatic N) is 3. The largest absolute Gasteiger partial charge is 0.436 e. The number of aromatic nitrogens is 3. The lowest BCUT2D eigenvalue weighted by atomic mass is 10.1. The number of anilines is 1. The zero-order valence-electron chi connectivity index (χ0n) is 11.7. The molecule has 0 spiro atoms. The van der Waals surface area contributed by atoms with Crippen molar-refractivity contribution in [2.45, 2.75) is 6.92 Å². The standard InChI is InChI=1S/C15H14N4O2/c1-9(20)11-7-10(16)3-4-13(11)21-15-14-12(5-6-17-15)19(2)8-18-14/h3-8H,16H2,1-2H3. The van der Waals surface area contributed by atoms with Crippen molar-refractivity contribution < 1.29 is 9.53 Å². The molecule has 0 radical (unpaired) electrons. The van der Waals surface area contributed by atoms with E-state index in [9.17, 15) is 4.79 Å². The predicted octanol–water partition coefficient (Wildman–Crippen LogP) is 2.55. The molecule has 0 bridgehead atoms. The number of nitrogen functional groups attached to an aromatic ring is 1. The molecule has 1 aromatic carbocycles. The monoisotopic (exact) mass is 282 g/mol. The number of imidazole rings is 1. The van der Waals surface area contributed by atoms with Crippen LogP contribution in [-0.2, 0) is 7.05 Å². The minimum Gasteiger partial charge on any atom is -0.436 e. The number of hydrogen-bond donors (Lipinski definition) is 1. The molecule has 3 aromatic rings. The summed E-state index contributed by atoms with van der Waals surface area (Å²) in [5.41, 5.74) is 8.19. The van der Waals surface area contributed by atoms with Crippen LogP contribution in [0.5, 0.6) is 11.6 Å². The Bertz CT molecular complexity index is 839. The van der Waals surface area contributed by atoms with E-state index in [0.717, 1.165) is 5.52 Å². The summed E-state index contributed by atoms with van der Waals surface area (Å²) >= 11 is 0. The first-order valence-electron chi connectivity index (χ1n) is 6.40. The summed E-state index contributed by atoms with van der Waals surface area (Å²) in [5.74, 6) is 0.660. The molecule has 0 aliphatic rings. The first-order valence-corrected chi connectivity index (χ1v) is 6.40. The lowest BCUT2D eigenvalue weighted by Gasteiger charge is -2.09. The Morgan fingerprint density at radius 3 is 2.86 bits per heavy atom. The number of Topliss-reactive ketones (excluding diaryl/α,β-unsaturated/α-hetero) is 1. The number of rotatable bonds is 3. The fourth-order valence-corrected chi connectivity index (χ4v) is 2.13. The summed E-state index contributed by atoms with van der Waals surface area (Å²) in [5, 5.41) is 0. The maximum absolute atomic E-state index is 11.7. The van der Waals surface area contributed by atoms with Crippen molar-refractivity contribution in [3.63, 3.8) is 0 Å². The number of ketones is 1. The van der Waals surface area contributed by atoms with Crippen molar-refractivity contribution in [1.29, 1.82) is 0 Å². The number of benzene rings is 1. The molecule has 0 amide bonds. The van der Waals surface area contributed by atoms with Crippen LogP contribution < -0.4 is 10.5 Å². The second kappa shape index (κ2) is 4.90. The molecule has 6 heteroatoms. The zero-order chi connectivity index (χ0) is 15.0. The molecule has 2 aromatic heterocycles. The predicted molar refractivity (Wildman–Crippen MR) is 79.4 cm³/mol. The molecule has 0 aliphatic heterocycles. The summed E-state index contributed by atoms with van der Waals surface area (Å²) in [6, 6.07) is 6.79. The number of carbonyl (C=O) groups is 1. The third-order valence-electron chi connectivity index (χ3n) is 3.20. The van der Waals surface area contributed by atoms with Gasteiger partial charge in [0.2, 0.25) is 5.88 Å². The normalized spacial score (nSPS) is 10.8. The van der Waals surface area contributed by atoms with Crippen LogP contribution in [0.3, 0.4) is 0 Å². The van der Waals surface area contributed by atoms with E-state index in [4.69, 9.17) is 10.5 Å². The van der Waals surface area contributed by atoms with Crippen molar-refractivity contribution in [3.05, 3.63) is 42.4 Å². The van der Waals surface area contributed by atoms with Crippen LogP contribution in [0.2, 0.25) is 0 Å². The van der Waals surface area contributed by atoms with E-state index in [2.05, 4.69) is 9.97 Å². The maximum atomic E-state index is 11.7. The Labute approximate surface area is 121 Å². The molecule has 0 fully saturated rings. The number of aryl methyl sites for hydroxylation is 1. The highest BCUT2D eigenvalue weighted by molar-refractivity contribution is 5.98. The van der Waals surface area contributed by atoms with Crippen molar-refractivity contribution in [3.8, 4) is 11.6 Å². The van der Waals surface area contributed by atoms with Gasteiger partial charge in [0.15, 0.2) is 11.3 Å². The van der Waals surface area contributed by atoms with E-state index in [1.54, 1.807) is 30.7 Å². The molecule has 2 heterocycles. The molecule has 21 heavy (non-hydrogen) atoms. The van der Waals surface area contributed by atoms with Gasteiger partial charge in [-0.05, 0) is 31.2 Å². The van der Waals surface area contributed by atoms with E-state index >= 15 is 0 Å². The van der Waals surface area contributed by atoms with Gasteiger partial charge in [0.05, 0.1) is 17.4 Å². The second-order valence-electron chi connectivity index (χ2n) is 4.75.